The summed E-state index contributed by atoms with van der Waals surface area (Å²) in [6.07, 6.45) is 2.44. The van der Waals surface area contributed by atoms with Crippen molar-refractivity contribution in [2.24, 2.45) is 5.92 Å². The molecule has 0 aromatic heterocycles. The van der Waals surface area contributed by atoms with Crippen molar-refractivity contribution in [3.05, 3.63) is 0 Å². The molecular formula is C8H19BO. The topological polar surface area (TPSA) is 9.23 Å². The summed E-state index contributed by atoms with van der Waals surface area (Å²) in [7, 11) is 3.75. The molecule has 0 rings (SSSR count). The molecule has 0 aromatic carbocycles. The Morgan fingerprint density at radius 3 is 2.50 bits per heavy atom. The van der Waals surface area contributed by atoms with E-state index < -0.39 is 0 Å². The van der Waals surface area contributed by atoms with Crippen LogP contribution in [0.2, 0.25) is 0 Å². The van der Waals surface area contributed by atoms with Crippen LogP contribution in [-0.4, -0.2) is 22.9 Å². The van der Waals surface area contributed by atoms with Crippen LogP contribution in [0.15, 0.2) is 0 Å². The van der Waals surface area contributed by atoms with Crippen LogP contribution in [0, 0.1) is 5.92 Å². The van der Waals surface area contributed by atoms with Crippen LogP contribution in [0.3, 0.4) is 0 Å². The van der Waals surface area contributed by atoms with Gasteiger partial charge in [-0.2, -0.15) is 0 Å². The molecule has 0 aromatic rings. The molecule has 10 heavy (non-hydrogen) atoms. The zero-order valence-corrected chi connectivity index (χ0v) is 7.39. The van der Waals surface area contributed by atoms with Gasteiger partial charge < -0.3 is 4.74 Å². The molecule has 0 aliphatic carbocycles. The Morgan fingerprint density at radius 1 is 1.50 bits per heavy atom. The van der Waals surface area contributed by atoms with Crippen molar-refractivity contribution in [3.63, 3.8) is 0 Å². The van der Waals surface area contributed by atoms with Gasteiger partial charge in [-0.05, 0) is 13.7 Å². The maximum atomic E-state index is 5.34. The highest BCUT2D eigenvalue weighted by Crippen LogP contribution is 1.94. The highest BCUT2D eigenvalue weighted by Gasteiger charge is 1.91. The predicted octanol–water partition coefficient (Wildman–Crippen LogP) is 1.81. The lowest BCUT2D eigenvalue weighted by molar-refractivity contribution is 0.107. The first-order valence-corrected chi connectivity index (χ1v) is 3.85. The van der Waals surface area contributed by atoms with E-state index in [9.17, 15) is 0 Å². The van der Waals surface area contributed by atoms with Crippen LogP contribution >= 0.6 is 0 Å². The second-order valence-electron chi connectivity index (χ2n) is 2.82. The van der Waals surface area contributed by atoms with Crippen molar-refractivity contribution in [1.29, 1.82) is 1.34 Å². The third-order valence-corrected chi connectivity index (χ3v) is 1.09. The Hall–Kier alpha value is 0.0249. The van der Waals surface area contributed by atoms with Gasteiger partial charge in [0.05, 0.1) is 0 Å². The Kier molecular flexibility index (Phi) is 9.05. The minimum absolute atomic E-state index is 0.682. The molecular weight excluding hydrogens is 123 g/mol. The molecule has 0 N–H and O–H groups in total. The summed E-state index contributed by atoms with van der Waals surface area (Å²) in [4.78, 5) is 0. The second-order valence-corrected chi connectivity index (χ2v) is 2.82. The number of rotatable bonds is 5. The third-order valence-electron chi connectivity index (χ3n) is 1.09. The van der Waals surface area contributed by atoms with E-state index >= 15 is 0 Å². The second kappa shape index (κ2) is 9.02. The fourth-order valence-electron chi connectivity index (χ4n) is 0.565. The van der Waals surface area contributed by atoms with Crippen molar-refractivity contribution in [2.75, 3.05) is 13.2 Å². The van der Waals surface area contributed by atoms with E-state index in [2.05, 4.69) is 29.1 Å². The van der Waals surface area contributed by atoms with Gasteiger partial charge in [-0.15, -0.1) is 0 Å². The molecule has 0 aliphatic heterocycles. The fraction of sp³-hybridized carbons (Fsp3) is 1.00. The molecule has 0 bridgehead atoms. The Morgan fingerprint density at radius 2 is 2.10 bits per heavy atom. The first kappa shape index (κ1) is 10.0. The van der Waals surface area contributed by atoms with E-state index in [1.165, 1.54) is 12.8 Å². The minimum Gasteiger partial charge on any atom is -0.381 e. The van der Waals surface area contributed by atoms with Crippen LogP contribution < -0.4 is 0 Å². The first-order valence-electron chi connectivity index (χ1n) is 4.42. The maximum Gasteiger partial charge on any atom is 0.0488 e. The van der Waals surface area contributed by atoms with Gasteiger partial charge in [0, 0.05) is 21.6 Å². The van der Waals surface area contributed by atoms with Gasteiger partial charge in [0.15, 0.2) is 0 Å². The van der Waals surface area contributed by atoms with E-state index in [1.54, 1.807) is 0 Å². The lowest BCUT2D eigenvalue weighted by Crippen LogP contribution is -2.02. The van der Waals surface area contributed by atoms with Crippen LogP contribution in [0.1, 0.15) is 33.6 Å². The summed E-state index contributed by atoms with van der Waals surface area (Å²) in [6, 6.07) is 0. The van der Waals surface area contributed by atoms with Crippen LogP contribution in [0.4, 0.5) is 0 Å². The van der Waals surface area contributed by atoms with Crippen molar-refractivity contribution < 1.29 is 4.74 Å². The molecule has 0 atom stereocenters. The van der Waals surface area contributed by atoms with Crippen molar-refractivity contribution in [1.82, 2.24) is 0 Å². The van der Waals surface area contributed by atoms with Crippen molar-refractivity contribution in [3.8, 4) is 0 Å². The minimum atomic E-state index is 0.682. The molecule has 0 amide bonds. The van der Waals surface area contributed by atoms with Gasteiger partial charge in [-0.3, -0.25) is 0 Å². The third kappa shape index (κ3) is 10.9. The molecule has 2 heteroatoms. The Balaban J connectivity index is 0. The maximum absolute atomic E-state index is 5.34. The van der Waals surface area contributed by atoms with E-state index in [-0.39, 0.29) is 0 Å². The smallest absolute Gasteiger partial charge is 0.0488 e. The molecule has 0 heterocycles. The summed E-state index contributed by atoms with van der Waals surface area (Å²) in [6.45, 7) is 8.38. The van der Waals surface area contributed by atoms with E-state index in [1.807, 2.05) is 0 Å². The van der Waals surface area contributed by atoms with Gasteiger partial charge in [-0.1, -0.05) is 27.2 Å². The molecule has 0 spiro atoms. The zero-order chi connectivity index (χ0) is 9.11. The van der Waals surface area contributed by atoms with Gasteiger partial charge in [-0.25, -0.2) is 0 Å². The van der Waals surface area contributed by atoms with Crippen LogP contribution in [0.5, 0.6) is 0 Å². The quantitative estimate of drug-likeness (QED) is 0.422. The molecule has 0 fully saturated rings. The summed E-state index contributed by atoms with van der Waals surface area (Å²) in [5.41, 5.74) is 0. The monoisotopic (exact) mass is 144 g/mol. The molecule has 1 nitrogen and oxygen atoms in total. The van der Waals surface area contributed by atoms with Crippen LogP contribution in [-0.2, 0) is 4.74 Å². The molecule has 0 saturated carbocycles. The van der Waals surface area contributed by atoms with Gasteiger partial charge in [0.2, 0.25) is 0 Å². The average Bonchev–Trinajstić information content (AvgIpc) is 2.02. The number of hydrogen-bond acceptors (Lipinski definition) is 1. The number of ether oxygens (including phenoxy) is 1. The number of hydrogen-bond donors (Lipinski definition) is 0. The van der Waals surface area contributed by atoms with E-state index in [4.69, 9.17) is 6.07 Å². The Bertz CT molecular complexity index is 60.1. The summed E-state index contributed by atoms with van der Waals surface area (Å²) in [5, 5.41) is 0. The highest BCUT2D eigenvalue weighted by molar-refractivity contribution is 5.75. The molecule has 2 radical (unpaired) electrons. The standard InChI is InChI=1S/C8H18O.BH/c1-4-5-6-9-7-8(2)3;/h8H,4-7H2,1-3H3;1H/i;1T. The number of unbranched alkanes of at least 4 members (excludes halogenated alkanes) is 1. The van der Waals surface area contributed by atoms with Gasteiger partial charge in [0.1, 0.15) is 0 Å². The summed E-state index contributed by atoms with van der Waals surface area (Å²) < 4.78 is 10.6. The van der Waals surface area contributed by atoms with Crippen LogP contribution in [0.25, 0.3) is 0 Å². The fourth-order valence-corrected chi connectivity index (χ4v) is 0.565. The summed E-state index contributed by atoms with van der Waals surface area (Å²) >= 11 is 0. The van der Waals surface area contributed by atoms with E-state index in [0.29, 0.717) is 5.92 Å². The molecule has 0 unspecified atom stereocenters. The van der Waals surface area contributed by atoms with Crippen molar-refractivity contribution >= 4 is 8.38 Å². The highest BCUT2D eigenvalue weighted by atomic mass is 16.5. The predicted molar refractivity (Wildman–Crippen MR) is 47.7 cm³/mol. The average molecular weight is 144 g/mol. The normalized spacial score (nSPS) is 10.2. The SMILES string of the molecule is CCCCOCC(C)C.[3H][B]. The molecule has 0 saturated heterocycles. The largest absolute Gasteiger partial charge is 0.381 e. The van der Waals surface area contributed by atoms with Gasteiger partial charge >= 0.3 is 0 Å². The van der Waals surface area contributed by atoms with Gasteiger partial charge in [0.25, 0.3) is 0 Å². The van der Waals surface area contributed by atoms with E-state index in [0.717, 1.165) is 13.2 Å². The molecule has 0 aliphatic rings. The lowest BCUT2D eigenvalue weighted by atomic mass is 10.2. The summed E-state index contributed by atoms with van der Waals surface area (Å²) in [5.74, 6) is 0.682. The Labute approximate surface area is 68.1 Å². The first-order chi connectivity index (χ1) is 5.27. The van der Waals surface area contributed by atoms with Crippen molar-refractivity contribution in [2.45, 2.75) is 33.6 Å². The zero-order valence-electron chi connectivity index (χ0n) is 8.39. The lowest BCUT2D eigenvalue weighted by Gasteiger charge is -2.04. The molecule has 60 valence electrons.